The zero-order chi connectivity index (χ0) is 18.5. The van der Waals surface area contributed by atoms with Gasteiger partial charge in [0, 0.05) is 47.0 Å². The number of thiazole rings is 1. The van der Waals surface area contributed by atoms with Crippen LogP contribution in [0.2, 0.25) is 5.02 Å². The van der Waals surface area contributed by atoms with Gasteiger partial charge >= 0.3 is 0 Å². The van der Waals surface area contributed by atoms with Crippen LogP contribution in [0.15, 0.2) is 41.5 Å². The van der Waals surface area contributed by atoms with Crippen molar-refractivity contribution in [2.75, 3.05) is 0 Å². The molecule has 0 saturated heterocycles. The Balaban J connectivity index is 1.50. The number of fused-ring (bicyclic) bond motifs is 2. The highest BCUT2D eigenvalue weighted by molar-refractivity contribution is 7.07. The van der Waals surface area contributed by atoms with Crippen molar-refractivity contribution in [3.63, 3.8) is 0 Å². The van der Waals surface area contributed by atoms with E-state index in [1.165, 1.54) is 11.3 Å². The van der Waals surface area contributed by atoms with Gasteiger partial charge in [-0.1, -0.05) is 11.6 Å². The normalized spacial score (nSPS) is 16.7. The molecule has 0 aromatic carbocycles. The van der Waals surface area contributed by atoms with Crippen molar-refractivity contribution >= 4 is 34.4 Å². The van der Waals surface area contributed by atoms with Gasteiger partial charge in [-0.3, -0.25) is 9.89 Å². The molecule has 0 spiro atoms. The van der Waals surface area contributed by atoms with Crippen molar-refractivity contribution in [1.82, 2.24) is 24.5 Å². The maximum absolute atomic E-state index is 13.2. The number of carbonyl (C=O) groups excluding carboxylic acids is 1. The van der Waals surface area contributed by atoms with Crippen molar-refractivity contribution in [3.05, 3.63) is 63.3 Å². The van der Waals surface area contributed by atoms with E-state index in [1.54, 1.807) is 5.51 Å². The fraction of sp³-hybridized carbons (Fsp3) is 0.211. The minimum absolute atomic E-state index is 0.0124. The molecule has 27 heavy (non-hydrogen) atoms. The fourth-order valence-electron chi connectivity index (χ4n) is 3.65. The average Bonchev–Trinajstić information content (AvgIpc) is 3.38. The van der Waals surface area contributed by atoms with Crippen molar-refractivity contribution in [3.8, 4) is 11.4 Å². The molecule has 0 bridgehead atoms. The molecule has 0 saturated carbocycles. The average molecular weight is 398 g/mol. The van der Waals surface area contributed by atoms with E-state index < -0.39 is 0 Å². The van der Waals surface area contributed by atoms with E-state index in [0.717, 1.165) is 34.6 Å². The number of nitrogens with one attached hydrogen (secondary N) is 1. The molecule has 8 heteroatoms. The second-order valence-corrected chi connectivity index (χ2v) is 7.95. The zero-order valence-electron chi connectivity index (χ0n) is 14.5. The van der Waals surface area contributed by atoms with Crippen LogP contribution < -0.4 is 0 Å². The van der Waals surface area contributed by atoms with Crippen molar-refractivity contribution in [2.45, 2.75) is 25.9 Å². The lowest BCUT2D eigenvalue weighted by atomic mass is 9.98. The predicted molar refractivity (Wildman–Crippen MR) is 105 cm³/mol. The molecule has 0 aliphatic carbocycles. The number of hydrogen-bond donors (Lipinski definition) is 1. The Morgan fingerprint density at radius 1 is 1.37 bits per heavy atom. The van der Waals surface area contributed by atoms with Gasteiger partial charge in [0.25, 0.3) is 5.91 Å². The van der Waals surface area contributed by atoms with E-state index >= 15 is 0 Å². The third-order valence-corrected chi connectivity index (χ3v) is 5.86. The molecule has 1 unspecified atom stereocenters. The van der Waals surface area contributed by atoms with Gasteiger partial charge in [0.05, 0.1) is 22.6 Å². The summed E-state index contributed by atoms with van der Waals surface area (Å²) in [5.74, 6) is 0.0124. The Morgan fingerprint density at radius 3 is 3.07 bits per heavy atom. The third kappa shape index (κ3) is 2.74. The van der Waals surface area contributed by atoms with Gasteiger partial charge in [-0.05, 0) is 25.1 Å². The first-order valence-corrected chi connectivity index (χ1v) is 9.95. The summed E-state index contributed by atoms with van der Waals surface area (Å²) in [5, 5.41) is 10.2. The second kappa shape index (κ2) is 6.21. The summed E-state index contributed by atoms with van der Waals surface area (Å²) in [5.41, 5.74) is 7.23. The molecule has 4 aromatic heterocycles. The number of pyridine rings is 1. The van der Waals surface area contributed by atoms with Gasteiger partial charge in [-0.25, -0.2) is 4.98 Å². The molecular weight excluding hydrogens is 382 g/mol. The van der Waals surface area contributed by atoms with Crippen LogP contribution in [0.5, 0.6) is 0 Å². The number of amides is 1. The molecule has 136 valence electrons. The fourth-order valence-corrected chi connectivity index (χ4v) is 4.36. The van der Waals surface area contributed by atoms with Crippen LogP contribution in [0.25, 0.3) is 16.9 Å². The van der Waals surface area contributed by atoms with E-state index in [9.17, 15) is 4.79 Å². The first-order valence-electron chi connectivity index (χ1n) is 8.63. The zero-order valence-corrected chi connectivity index (χ0v) is 16.1. The van der Waals surface area contributed by atoms with Gasteiger partial charge < -0.3 is 9.30 Å². The summed E-state index contributed by atoms with van der Waals surface area (Å²) in [4.78, 5) is 19.5. The van der Waals surface area contributed by atoms with Crippen molar-refractivity contribution in [1.29, 1.82) is 0 Å². The Morgan fingerprint density at radius 2 is 2.26 bits per heavy atom. The van der Waals surface area contributed by atoms with Gasteiger partial charge in [0.15, 0.2) is 0 Å². The minimum atomic E-state index is 0.0124. The van der Waals surface area contributed by atoms with E-state index in [4.69, 9.17) is 11.6 Å². The van der Waals surface area contributed by atoms with Crippen molar-refractivity contribution in [2.24, 2.45) is 0 Å². The van der Waals surface area contributed by atoms with Gasteiger partial charge in [-0.2, -0.15) is 5.10 Å². The van der Waals surface area contributed by atoms with E-state index in [1.807, 2.05) is 45.3 Å². The molecule has 1 aliphatic heterocycles. The summed E-state index contributed by atoms with van der Waals surface area (Å²) < 4.78 is 1.88. The van der Waals surface area contributed by atoms with Crippen LogP contribution >= 0.6 is 22.9 Å². The molecule has 0 fully saturated rings. The van der Waals surface area contributed by atoms with Gasteiger partial charge in [0.1, 0.15) is 11.4 Å². The number of aromatic amines is 1. The number of hydrogen-bond acceptors (Lipinski definition) is 4. The molecule has 1 atom stereocenters. The standard InChI is InChI=1S/C19H16ClN5OS/c1-11-4-16-15(18(23-22-16)17-9-27-10-21-17)8-25(11)19(26)12-5-14-3-2-13(20)7-24(14)6-12/h2-3,5-7,9-11H,4,8H2,1H3,(H,22,23). The Bertz CT molecular complexity index is 1150. The highest BCUT2D eigenvalue weighted by Gasteiger charge is 2.31. The molecule has 1 aliphatic rings. The number of H-pyrrole nitrogens is 1. The first kappa shape index (κ1) is 16.5. The quantitative estimate of drug-likeness (QED) is 0.555. The number of rotatable bonds is 2. The predicted octanol–water partition coefficient (Wildman–Crippen LogP) is 4.03. The number of aromatic nitrogens is 4. The second-order valence-electron chi connectivity index (χ2n) is 6.80. The summed E-state index contributed by atoms with van der Waals surface area (Å²) >= 11 is 7.60. The molecule has 5 rings (SSSR count). The maximum Gasteiger partial charge on any atom is 0.255 e. The first-order chi connectivity index (χ1) is 13.1. The van der Waals surface area contributed by atoms with Crippen LogP contribution in [0, 0.1) is 0 Å². The Kier molecular flexibility index (Phi) is 3.80. The monoisotopic (exact) mass is 397 g/mol. The van der Waals surface area contributed by atoms with Crippen LogP contribution in [0.3, 0.4) is 0 Å². The highest BCUT2D eigenvalue weighted by Crippen LogP contribution is 2.31. The molecule has 1 N–H and O–H groups in total. The number of carbonyl (C=O) groups is 1. The van der Waals surface area contributed by atoms with Crippen molar-refractivity contribution < 1.29 is 4.79 Å². The number of nitrogens with zero attached hydrogens (tertiary/aromatic N) is 4. The molecule has 5 heterocycles. The maximum atomic E-state index is 13.2. The SMILES string of the molecule is CC1Cc2[nH]nc(-c3cscn3)c2CN1C(=O)c1cc2ccc(Cl)cn2c1. The molecular formula is C19H16ClN5OS. The van der Waals surface area contributed by atoms with Gasteiger partial charge in [-0.15, -0.1) is 11.3 Å². The molecule has 6 nitrogen and oxygen atoms in total. The van der Waals surface area contributed by atoms with Crippen LogP contribution in [-0.4, -0.2) is 36.4 Å². The van der Waals surface area contributed by atoms with E-state index in [-0.39, 0.29) is 11.9 Å². The largest absolute Gasteiger partial charge is 0.331 e. The highest BCUT2D eigenvalue weighted by atomic mass is 35.5. The van der Waals surface area contributed by atoms with E-state index in [2.05, 4.69) is 22.1 Å². The van der Waals surface area contributed by atoms with Gasteiger partial charge in [0.2, 0.25) is 0 Å². The van der Waals surface area contributed by atoms with Crippen LogP contribution in [0.4, 0.5) is 0 Å². The summed E-state index contributed by atoms with van der Waals surface area (Å²) in [6.07, 6.45) is 4.39. The van der Waals surface area contributed by atoms with E-state index in [0.29, 0.717) is 17.1 Å². The summed E-state index contributed by atoms with van der Waals surface area (Å²) in [6.45, 7) is 2.59. The summed E-state index contributed by atoms with van der Waals surface area (Å²) in [7, 11) is 0. The summed E-state index contributed by atoms with van der Waals surface area (Å²) in [6, 6.07) is 5.72. The Hall–Kier alpha value is -2.64. The lowest BCUT2D eigenvalue weighted by Crippen LogP contribution is -2.42. The Labute approximate surface area is 164 Å². The smallest absolute Gasteiger partial charge is 0.255 e. The minimum Gasteiger partial charge on any atom is -0.331 e. The lowest BCUT2D eigenvalue weighted by molar-refractivity contribution is 0.0658. The lowest BCUT2D eigenvalue weighted by Gasteiger charge is -2.33. The third-order valence-electron chi connectivity index (χ3n) is 5.05. The molecule has 4 aromatic rings. The molecule has 0 radical (unpaired) electrons. The van der Waals surface area contributed by atoms with Crippen LogP contribution in [-0.2, 0) is 13.0 Å². The topological polar surface area (TPSA) is 66.3 Å². The van der Waals surface area contributed by atoms with Crippen LogP contribution in [0.1, 0.15) is 28.5 Å². The number of halogens is 1. The molecule has 1 amide bonds.